The standard InChI is InChI=1S/C71H138O17P2/c1-8-10-11-12-13-30-38-45-52-68(73)81-59-67(88-71(76)55-48-41-34-33-36-43-50-63(5)6)61-86-90(79,80)84-57-65(72)56-83-89(77,78)85-60-66(58-82-69(74)53-46-39-31-26-23-22-25-29-37-44-51-64(7)9-2)87-70(75)54-47-40-32-27-21-19-17-15-14-16-18-20-24-28-35-42-49-62(3)4/h62-67,72H,8-61H2,1-7H3,(H,77,78)(H,79,80)/t64?,65-,66-,67-/m1/s1. The van der Waals surface area contributed by atoms with Gasteiger partial charge in [-0.2, -0.15) is 0 Å². The van der Waals surface area contributed by atoms with Gasteiger partial charge in [0.2, 0.25) is 0 Å². The van der Waals surface area contributed by atoms with E-state index in [1.807, 2.05) is 0 Å². The maximum Gasteiger partial charge on any atom is 0.472 e. The van der Waals surface area contributed by atoms with Crippen molar-refractivity contribution in [1.29, 1.82) is 0 Å². The third-order valence-corrected chi connectivity index (χ3v) is 18.6. The van der Waals surface area contributed by atoms with Gasteiger partial charge in [0.05, 0.1) is 26.4 Å². The second-order valence-corrected chi connectivity index (χ2v) is 29.7. The molecular weight excluding hydrogens is 1190 g/mol. The number of hydrogen-bond donors (Lipinski definition) is 3. The van der Waals surface area contributed by atoms with Crippen molar-refractivity contribution in [3.63, 3.8) is 0 Å². The first-order valence-corrected chi connectivity index (χ1v) is 39.9. The Labute approximate surface area is 549 Å². The van der Waals surface area contributed by atoms with Crippen LogP contribution in [0.15, 0.2) is 0 Å². The summed E-state index contributed by atoms with van der Waals surface area (Å²) in [4.78, 5) is 72.4. The number of esters is 4. The minimum atomic E-state index is -4.95. The fourth-order valence-electron chi connectivity index (χ4n) is 10.7. The monoisotopic (exact) mass is 1320 g/mol. The van der Waals surface area contributed by atoms with Crippen LogP contribution < -0.4 is 0 Å². The average Bonchev–Trinajstić information content (AvgIpc) is 3.22. The summed E-state index contributed by atoms with van der Waals surface area (Å²) in [6.45, 7) is 11.8. The zero-order chi connectivity index (χ0) is 66.6. The molecule has 0 aliphatic rings. The van der Waals surface area contributed by atoms with Crippen LogP contribution in [-0.2, 0) is 65.4 Å². The molecule has 0 spiro atoms. The molecule has 6 atom stereocenters. The molecule has 0 fully saturated rings. The van der Waals surface area contributed by atoms with E-state index >= 15 is 0 Å². The minimum Gasteiger partial charge on any atom is -0.462 e. The van der Waals surface area contributed by atoms with Crippen LogP contribution in [0.1, 0.15) is 357 Å². The van der Waals surface area contributed by atoms with Crippen LogP contribution in [0.3, 0.4) is 0 Å². The highest BCUT2D eigenvalue weighted by Gasteiger charge is 2.30. The van der Waals surface area contributed by atoms with Crippen molar-refractivity contribution in [2.45, 2.75) is 375 Å². The van der Waals surface area contributed by atoms with Crippen molar-refractivity contribution in [3.8, 4) is 0 Å². The zero-order valence-corrected chi connectivity index (χ0v) is 60.4. The quantitative estimate of drug-likeness (QED) is 0.0222. The largest absolute Gasteiger partial charge is 0.472 e. The normalized spacial score (nSPS) is 14.5. The summed E-state index contributed by atoms with van der Waals surface area (Å²) in [7, 11) is -9.90. The van der Waals surface area contributed by atoms with Crippen molar-refractivity contribution in [3.05, 3.63) is 0 Å². The number of carbonyl (C=O) groups is 4. The second-order valence-electron chi connectivity index (χ2n) is 26.8. The van der Waals surface area contributed by atoms with Crippen molar-refractivity contribution in [1.82, 2.24) is 0 Å². The van der Waals surface area contributed by atoms with Gasteiger partial charge in [0.1, 0.15) is 19.3 Å². The summed E-state index contributed by atoms with van der Waals surface area (Å²) >= 11 is 0. The van der Waals surface area contributed by atoms with Gasteiger partial charge >= 0.3 is 39.5 Å². The van der Waals surface area contributed by atoms with Crippen molar-refractivity contribution < 1.29 is 80.2 Å². The Morgan fingerprint density at radius 3 is 0.844 bits per heavy atom. The molecule has 17 nitrogen and oxygen atoms in total. The average molecular weight is 1330 g/mol. The Morgan fingerprint density at radius 2 is 0.567 bits per heavy atom. The van der Waals surface area contributed by atoms with Gasteiger partial charge in [-0.05, 0) is 43.4 Å². The van der Waals surface area contributed by atoms with Gasteiger partial charge in [-0.15, -0.1) is 0 Å². The van der Waals surface area contributed by atoms with Gasteiger partial charge < -0.3 is 33.8 Å². The molecule has 19 heteroatoms. The number of phosphoric acid groups is 2. The van der Waals surface area contributed by atoms with Gasteiger partial charge in [-0.1, -0.05) is 305 Å². The summed E-state index contributed by atoms with van der Waals surface area (Å²) in [5, 5.41) is 10.6. The molecule has 0 aromatic heterocycles. The van der Waals surface area contributed by atoms with Crippen molar-refractivity contribution in [2.24, 2.45) is 17.8 Å². The lowest BCUT2D eigenvalue weighted by molar-refractivity contribution is -0.161. The Kier molecular flexibility index (Phi) is 60.6. The van der Waals surface area contributed by atoms with Crippen LogP contribution in [0.5, 0.6) is 0 Å². The number of unbranched alkanes of at least 4 members (excludes halogenated alkanes) is 36. The highest BCUT2D eigenvalue weighted by atomic mass is 31.2. The van der Waals surface area contributed by atoms with E-state index in [2.05, 4.69) is 48.5 Å². The fourth-order valence-corrected chi connectivity index (χ4v) is 12.3. The first-order chi connectivity index (χ1) is 43.3. The highest BCUT2D eigenvalue weighted by Crippen LogP contribution is 2.45. The van der Waals surface area contributed by atoms with Gasteiger partial charge in [-0.25, -0.2) is 9.13 Å². The maximum absolute atomic E-state index is 13.0. The van der Waals surface area contributed by atoms with E-state index in [-0.39, 0.29) is 25.7 Å². The van der Waals surface area contributed by atoms with E-state index in [1.165, 1.54) is 161 Å². The predicted octanol–water partition coefficient (Wildman–Crippen LogP) is 20.2. The molecule has 534 valence electrons. The molecule has 0 amide bonds. The Morgan fingerprint density at radius 1 is 0.322 bits per heavy atom. The summed E-state index contributed by atoms with van der Waals surface area (Å²) in [5.74, 6) is 0.157. The van der Waals surface area contributed by atoms with E-state index in [1.54, 1.807) is 0 Å². The molecule has 0 rings (SSSR count). The zero-order valence-electron chi connectivity index (χ0n) is 58.6. The van der Waals surface area contributed by atoms with Crippen LogP contribution in [0.25, 0.3) is 0 Å². The minimum absolute atomic E-state index is 0.102. The molecule has 0 aliphatic heterocycles. The number of phosphoric ester groups is 2. The second kappa shape index (κ2) is 61.9. The smallest absolute Gasteiger partial charge is 0.462 e. The molecule has 0 radical (unpaired) electrons. The SMILES string of the molecule is CCCCCCCCCCC(=O)OC[C@H](COP(=O)(O)OC[C@H](O)COP(=O)(O)OC[C@@H](COC(=O)CCCCCCCCCCCCC(C)CC)OC(=O)CCCCCCCCCCCCCCCCCCC(C)C)OC(=O)CCCCCCCCC(C)C. The Balaban J connectivity index is 5.19. The molecule has 0 bridgehead atoms. The van der Waals surface area contributed by atoms with E-state index in [0.717, 1.165) is 108 Å². The van der Waals surface area contributed by atoms with E-state index < -0.39 is 97.5 Å². The molecule has 0 saturated heterocycles. The van der Waals surface area contributed by atoms with Crippen molar-refractivity contribution in [2.75, 3.05) is 39.6 Å². The molecule has 0 aromatic rings. The number of carbonyl (C=O) groups excluding carboxylic acids is 4. The lowest BCUT2D eigenvalue weighted by Crippen LogP contribution is -2.30. The highest BCUT2D eigenvalue weighted by molar-refractivity contribution is 7.47. The van der Waals surface area contributed by atoms with Crippen LogP contribution >= 0.6 is 15.6 Å². The summed E-state index contributed by atoms with van der Waals surface area (Å²) in [6, 6.07) is 0. The molecule has 90 heavy (non-hydrogen) atoms. The summed E-state index contributed by atoms with van der Waals surface area (Å²) in [5.41, 5.74) is 0. The molecule has 3 N–H and O–H groups in total. The topological polar surface area (TPSA) is 237 Å². The molecule has 0 aromatic carbocycles. The van der Waals surface area contributed by atoms with Gasteiger partial charge in [0.25, 0.3) is 0 Å². The molecule has 0 aliphatic carbocycles. The van der Waals surface area contributed by atoms with Crippen LogP contribution in [0.4, 0.5) is 0 Å². The Bertz CT molecular complexity index is 1770. The summed E-state index contributed by atoms with van der Waals surface area (Å²) < 4.78 is 68.2. The maximum atomic E-state index is 13.0. The first kappa shape index (κ1) is 88.1. The van der Waals surface area contributed by atoms with E-state index in [0.29, 0.717) is 31.6 Å². The summed E-state index contributed by atoms with van der Waals surface area (Å²) in [6.07, 6.45) is 46.0. The van der Waals surface area contributed by atoms with Gasteiger partial charge in [0.15, 0.2) is 12.2 Å². The molecule has 0 saturated carbocycles. The molecule has 3 unspecified atom stereocenters. The van der Waals surface area contributed by atoms with E-state index in [4.69, 9.17) is 37.0 Å². The number of hydrogen-bond acceptors (Lipinski definition) is 15. The number of ether oxygens (including phenoxy) is 4. The lowest BCUT2D eigenvalue weighted by atomic mass is 9.99. The van der Waals surface area contributed by atoms with E-state index in [9.17, 15) is 43.2 Å². The molecular formula is C71H138O17P2. The van der Waals surface area contributed by atoms with Crippen molar-refractivity contribution >= 4 is 39.5 Å². The fraction of sp³-hybridized carbons (Fsp3) is 0.944. The van der Waals surface area contributed by atoms with Crippen LogP contribution in [0.2, 0.25) is 0 Å². The van der Waals surface area contributed by atoms with Crippen LogP contribution in [0, 0.1) is 17.8 Å². The number of aliphatic hydroxyl groups is 1. The third-order valence-electron chi connectivity index (χ3n) is 16.7. The predicted molar refractivity (Wildman–Crippen MR) is 363 cm³/mol. The Hall–Kier alpha value is -1.94. The molecule has 0 heterocycles. The third kappa shape index (κ3) is 63.5. The van der Waals surface area contributed by atoms with Gasteiger partial charge in [-0.3, -0.25) is 37.3 Å². The van der Waals surface area contributed by atoms with Crippen LogP contribution in [-0.4, -0.2) is 96.7 Å². The number of rotatable bonds is 69. The van der Waals surface area contributed by atoms with Gasteiger partial charge in [0, 0.05) is 25.7 Å². The first-order valence-electron chi connectivity index (χ1n) is 36.9. The number of aliphatic hydroxyl groups excluding tert-OH is 1. The lowest BCUT2D eigenvalue weighted by Gasteiger charge is -2.21.